The summed E-state index contributed by atoms with van der Waals surface area (Å²) in [4.78, 5) is 26.8. The molecule has 1 aliphatic rings. The highest BCUT2D eigenvalue weighted by molar-refractivity contribution is 7.14. The quantitative estimate of drug-likeness (QED) is 0.642. The van der Waals surface area contributed by atoms with Crippen molar-refractivity contribution in [2.75, 3.05) is 11.2 Å². The van der Waals surface area contributed by atoms with E-state index in [4.69, 9.17) is 11.6 Å². The van der Waals surface area contributed by atoms with E-state index in [9.17, 15) is 14.7 Å². The monoisotopic (exact) mass is 326 g/mol. The number of rotatable bonds is 5. The highest BCUT2D eigenvalue weighted by atomic mass is 35.5. The molecule has 21 heavy (non-hydrogen) atoms. The minimum absolute atomic E-state index is 0.144. The highest BCUT2D eigenvalue weighted by Gasteiger charge is 2.16. The summed E-state index contributed by atoms with van der Waals surface area (Å²) in [5, 5.41) is 13.8. The van der Waals surface area contributed by atoms with E-state index in [2.05, 4.69) is 16.4 Å². The van der Waals surface area contributed by atoms with Gasteiger partial charge in [0.25, 0.3) is 0 Å². The molecule has 1 aromatic rings. The number of allylic oxidation sites excluding steroid dienone is 3. The lowest BCUT2D eigenvalue weighted by Gasteiger charge is -2.09. The van der Waals surface area contributed by atoms with E-state index in [1.54, 1.807) is 11.5 Å². The molecular formula is C14H15ClN2O3S. The van der Waals surface area contributed by atoms with E-state index in [1.807, 2.05) is 0 Å². The number of nitrogens with one attached hydrogen (secondary N) is 1. The van der Waals surface area contributed by atoms with Gasteiger partial charge in [-0.25, -0.2) is 9.78 Å². The van der Waals surface area contributed by atoms with E-state index in [1.165, 1.54) is 11.3 Å². The molecule has 0 radical (unpaired) electrons. The van der Waals surface area contributed by atoms with Gasteiger partial charge in [-0.1, -0.05) is 11.6 Å². The van der Waals surface area contributed by atoms with Gasteiger partial charge in [0.05, 0.1) is 11.3 Å². The molecule has 0 unspecified atom stereocenters. The molecule has 2 rings (SSSR count). The van der Waals surface area contributed by atoms with Crippen molar-refractivity contribution in [1.29, 1.82) is 0 Å². The molecule has 0 saturated heterocycles. The molecule has 0 saturated carbocycles. The number of halogens is 1. The normalized spacial score (nSPS) is 15.5. The number of hydrogen-bond acceptors (Lipinski definition) is 4. The molecule has 0 bridgehead atoms. The third-order valence-corrected chi connectivity index (χ3v) is 4.03. The topological polar surface area (TPSA) is 79.3 Å². The fourth-order valence-electron chi connectivity index (χ4n) is 2.03. The Kier molecular flexibility index (Phi) is 5.52. The summed E-state index contributed by atoms with van der Waals surface area (Å²) in [7, 11) is 0. The summed E-state index contributed by atoms with van der Waals surface area (Å²) in [5.41, 5.74) is 1.52. The van der Waals surface area contributed by atoms with Crippen molar-refractivity contribution in [3.8, 4) is 0 Å². The Labute approximate surface area is 131 Å². The number of amides is 1. The van der Waals surface area contributed by atoms with Crippen molar-refractivity contribution in [2.24, 2.45) is 0 Å². The van der Waals surface area contributed by atoms with E-state index in [0.717, 1.165) is 31.3 Å². The van der Waals surface area contributed by atoms with Crippen molar-refractivity contribution < 1.29 is 14.7 Å². The Morgan fingerprint density at radius 3 is 2.90 bits per heavy atom. The fraction of sp³-hybridized carbons (Fsp3) is 0.357. The average molecular weight is 327 g/mol. The van der Waals surface area contributed by atoms with Crippen molar-refractivity contribution >= 4 is 45.5 Å². The summed E-state index contributed by atoms with van der Waals surface area (Å²) in [6.45, 7) is 0. The van der Waals surface area contributed by atoms with Crippen molar-refractivity contribution in [3.05, 3.63) is 28.8 Å². The van der Waals surface area contributed by atoms with Crippen LogP contribution in [0.15, 0.2) is 23.1 Å². The molecule has 0 aliphatic heterocycles. The van der Waals surface area contributed by atoms with Crippen LogP contribution in [0, 0.1) is 0 Å². The molecule has 1 amide bonds. The number of anilines is 1. The predicted molar refractivity (Wildman–Crippen MR) is 83.6 cm³/mol. The average Bonchev–Trinajstić information content (AvgIpc) is 2.93. The number of aliphatic carboxylic acids is 1. The first-order chi connectivity index (χ1) is 10.1. The molecule has 0 atom stereocenters. The Morgan fingerprint density at radius 2 is 2.29 bits per heavy atom. The third kappa shape index (κ3) is 4.41. The van der Waals surface area contributed by atoms with Gasteiger partial charge in [-0.3, -0.25) is 4.79 Å². The number of aromatic nitrogens is 1. The summed E-state index contributed by atoms with van der Waals surface area (Å²) >= 11 is 6.58. The van der Waals surface area contributed by atoms with Crippen LogP contribution in [-0.4, -0.2) is 27.8 Å². The Bertz CT molecular complexity index is 607. The number of carboxylic acids is 1. The van der Waals surface area contributed by atoms with E-state index < -0.39 is 5.97 Å². The second kappa shape index (κ2) is 7.38. The van der Waals surface area contributed by atoms with Crippen LogP contribution in [0.1, 0.15) is 31.4 Å². The third-order valence-electron chi connectivity index (χ3n) is 3.03. The highest BCUT2D eigenvalue weighted by Crippen LogP contribution is 2.26. The lowest BCUT2D eigenvalue weighted by molar-refractivity contribution is -0.130. The summed E-state index contributed by atoms with van der Waals surface area (Å²) < 4.78 is 0. The Morgan fingerprint density at radius 1 is 1.48 bits per heavy atom. The van der Waals surface area contributed by atoms with Crippen LogP contribution in [-0.2, 0) is 9.59 Å². The zero-order valence-electron chi connectivity index (χ0n) is 11.3. The molecule has 0 fully saturated rings. The zero-order chi connectivity index (χ0) is 15.2. The molecule has 1 aliphatic carbocycles. The van der Waals surface area contributed by atoms with Crippen LogP contribution in [0.25, 0.3) is 5.57 Å². The van der Waals surface area contributed by atoms with Gasteiger partial charge < -0.3 is 10.4 Å². The molecule has 1 aromatic heterocycles. The first kappa shape index (κ1) is 15.7. The standard InChI is InChI=1S/C14H15ClN2O3S/c15-7-12(18)17-14-16-11(8-21-14)10(13(19)20)6-9-4-2-1-3-5-9/h4,6,8H,1-3,5,7H2,(H,19,20)(H,16,17,18). The van der Waals surface area contributed by atoms with Crippen LogP contribution >= 0.6 is 22.9 Å². The SMILES string of the molecule is O=C(CCl)Nc1nc(C(=CC2=CCCCC2)C(=O)O)cs1. The van der Waals surface area contributed by atoms with E-state index in [-0.39, 0.29) is 17.4 Å². The summed E-state index contributed by atoms with van der Waals surface area (Å²) in [5.74, 6) is -1.56. The van der Waals surface area contributed by atoms with E-state index in [0.29, 0.717) is 10.8 Å². The maximum Gasteiger partial charge on any atom is 0.337 e. The fourth-order valence-corrected chi connectivity index (χ4v) is 2.83. The van der Waals surface area contributed by atoms with Gasteiger partial charge >= 0.3 is 5.97 Å². The number of carbonyl (C=O) groups is 2. The Hall–Kier alpha value is -1.66. The van der Waals surface area contributed by atoms with Crippen LogP contribution < -0.4 is 5.32 Å². The van der Waals surface area contributed by atoms with Gasteiger partial charge in [0.1, 0.15) is 5.88 Å². The minimum atomic E-state index is -1.03. The van der Waals surface area contributed by atoms with Crippen LogP contribution in [0.2, 0.25) is 0 Å². The second-order valence-corrected chi connectivity index (χ2v) is 5.73. The molecule has 7 heteroatoms. The smallest absolute Gasteiger partial charge is 0.337 e. The number of carbonyl (C=O) groups excluding carboxylic acids is 1. The van der Waals surface area contributed by atoms with Gasteiger partial charge in [0.15, 0.2) is 5.13 Å². The molecular weight excluding hydrogens is 312 g/mol. The molecule has 1 heterocycles. The number of alkyl halides is 1. The molecule has 5 nitrogen and oxygen atoms in total. The lowest BCUT2D eigenvalue weighted by atomic mass is 9.97. The summed E-state index contributed by atoms with van der Waals surface area (Å²) in [6, 6.07) is 0. The lowest BCUT2D eigenvalue weighted by Crippen LogP contribution is -2.12. The van der Waals surface area contributed by atoms with Gasteiger partial charge in [0, 0.05) is 5.38 Å². The summed E-state index contributed by atoms with van der Waals surface area (Å²) in [6.07, 6.45) is 7.82. The number of carboxylic acid groups (broad SMARTS) is 1. The van der Waals surface area contributed by atoms with Crippen molar-refractivity contribution in [1.82, 2.24) is 4.98 Å². The van der Waals surface area contributed by atoms with Crippen LogP contribution in [0.3, 0.4) is 0 Å². The van der Waals surface area contributed by atoms with Crippen molar-refractivity contribution in [3.63, 3.8) is 0 Å². The Balaban J connectivity index is 2.22. The van der Waals surface area contributed by atoms with Gasteiger partial charge in [0.2, 0.25) is 5.91 Å². The maximum atomic E-state index is 11.4. The zero-order valence-corrected chi connectivity index (χ0v) is 12.8. The van der Waals surface area contributed by atoms with Crippen LogP contribution in [0.4, 0.5) is 5.13 Å². The first-order valence-electron chi connectivity index (χ1n) is 6.56. The van der Waals surface area contributed by atoms with Gasteiger partial charge in [-0.05, 0) is 31.8 Å². The van der Waals surface area contributed by atoms with Gasteiger partial charge in [-0.15, -0.1) is 22.9 Å². The molecule has 0 aromatic carbocycles. The van der Waals surface area contributed by atoms with Crippen molar-refractivity contribution in [2.45, 2.75) is 25.7 Å². The van der Waals surface area contributed by atoms with Gasteiger partial charge in [-0.2, -0.15) is 0 Å². The van der Waals surface area contributed by atoms with Crippen LogP contribution in [0.5, 0.6) is 0 Å². The predicted octanol–water partition coefficient (Wildman–Crippen LogP) is 3.29. The minimum Gasteiger partial charge on any atom is -0.478 e. The van der Waals surface area contributed by atoms with E-state index >= 15 is 0 Å². The number of hydrogen-bond donors (Lipinski definition) is 2. The second-order valence-electron chi connectivity index (χ2n) is 4.61. The number of thiazole rings is 1. The largest absolute Gasteiger partial charge is 0.478 e. The first-order valence-corrected chi connectivity index (χ1v) is 7.97. The molecule has 2 N–H and O–H groups in total. The maximum absolute atomic E-state index is 11.4. The molecule has 112 valence electrons. The number of nitrogens with zero attached hydrogens (tertiary/aromatic N) is 1. The molecule has 0 spiro atoms.